The molecule has 1 aromatic heterocycles. The van der Waals surface area contributed by atoms with E-state index in [9.17, 15) is 5.11 Å². The van der Waals surface area contributed by atoms with Crippen molar-refractivity contribution in [2.75, 3.05) is 11.4 Å². The number of aryl methyl sites for hydroxylation is 2. The molecular weight excluding hydrogens is 350 g/mol. The fourth-order valence-corrected chi connectivity index (χ4v) is 3.74. The number of aliphatic hydroxyl groups excluding tert-OH is 1. The first kappa shape index (κ1) is 14.3. The van der Waals surface area contributed by atoms with Crippen LogP contribution in [-0.4, -0.2) is 22.5 Å². The fraction of sp³-hybridized carbons (Fsp3) is 0.200. The number of aliphatic hydroxyl groups is 1. The summed E-state index contributed by atoms with van der Waals surface area (Å²) in [6.07, 6.45) is 0. The highest BCUT2D eigenvalue weighted by molar-refractivity contribution is 9.10. The summed E-state index contributed by atoms with van der Waals surface area (Å²) in [5.41, 5.74) is 2.35. The van der Waals surface area contributed by atoms with E-state index in [0.29, 0.717) is 17.1 Å². The zero-order valence-electron chi connectivity index (χ0n) is 11.6. The monoisotopic (exact) mass is 363 g/mol. The Kier molecular flexibility index (Phi) is 3.59. The quantitative estimate of drug-likeness (QED) is 0.836. The summed E-state index contributed by atoms with van der Waals surface area (Å²) in [4.78, 5) is 7.35. The molecule has 21 heavy (non-hydrogen) atoms. The van der Waals surface area contributed by atoms with E-state index < -0.39 is 0 Å². The summed E-state index contributed by atoms with van der Waals surface area (Å²) in [6, 6.07) is 7.69. The Balaban J connectivity index is 2.00. The Morgan fingerprint density at radius 1 is 1.33 bits per heavy atom. The summed E-state index contributed by atoms with van der Waals surface area (Å²) < 4.78 is 0.898. The number of amidine groups is 1. The third-order valence-electron chi connectivity index (χ3n) is 3.49. The number of nitrogens with zero attached hydrogens (tertiary/aromatic N) is 2. The summed E-state index contributed by atoms with van der Waals surface area (Å²) in [7, 11) is 0. The van der Waals surface area contributed by atoms with E-state index in [1.165, 1.54) is 11.3 Å². The van der Waals surface area contributed by atoms with Crippen molar-refractivity contribution < 1.29 is 5.11 Å². The number of anilines is 1. The van der Waals surface area contributed by atoms with Gasteiger partial charge in [-0.15, -0.1) is 11.3 Å². The molecule has 0 radical (unpaired) electrons. The molecule has 2 heterocycles. The highest BCUT2D eigenvalue weighted by Crippen LogP contribution is 2.36. The average molecular weight is 364 g/mol. The van der Waals surface area contributed by atoms with Gasteiger partial charge < -0.3 is 10.0 Å². The molecule has 0 saturated heterocycles. The molecule has 0 saturated carbocycles. The Hall–Kier alpha value is -1.66. The molecule has 6 heteroatoms. The Morgan fingerprint density at radius 2 is 2.05 bits per heavy atom. The van der Waals surface area contributed by atoms with Crippen molar-refractivity contribution >= 4 is 44.4 Å². The molecule has 0 spiro atoms. The van der Waals surface area contributed by atoms with Crippen molar-refractivity contribution in [3.63, 3.8) is 0 Å². The largest absolute Gasteiger partial charge is 0.510 e. The lowest BCUT2D eigenvalue weighted by Crippen LogP contribution is -2.26. The van der Waals surface area contributed by atoms with Gasteiger partial charge in [-0.3, -0.25) is 5.41 Å². The first-order valence-corrected chi connectivity index (χ1v) is 8.07. The molecular formula is C15H14BrN3OS. The van der Waals surface area contributed by atoms with Crippen LogP contribution in [0.3, 0.4) is 0 Å². The fourth-order valence-electron chi connectivity index (χ4n) is 2.26. The minimum Gasteiger partial charge on any atom is -0.510 e. The van der Waals surface area contributed by atoms with Crippen molar-refractivity contribution in [2.24, 2.45) is 0 Å². The first-order valence-electron chi connectivity index (χ1n) is 6.46. The maximum absolute atomic E-state index is 10.3. The highest BCUT2D eigenvalue weighted by Gasteiger charge is 2.32. The second kappa shape index (κ2) is 5.27. The van der Waals surface area contributed by atoms with Crippen molar-refractivity contribution in [1.29, 1.82) is 5.41 Å². The van der Waals surface area contributed by atoms with Crippen LogP contribution in [0.4, 0.5) is 5.69 Å². The number of thiazole rings is 1. The van der Waals surface area contributed by atoms with Gasteiger partial charge in [0.05, 0.1) is 23.5 Å². The third kappa shape index (κ3) is 2.38. The van der Waals surface area contributed by atoms with Gasteiger partial charge in [0.1, 0.15) is 16.6 Å². The first-order chi connectivity index (χ1) is 9.99. The van der Waals surface area contributed by atoms with Crippen LogP contribution in [0, 0.1) is 19.3 Å². The van der Waals surface area contributed by atoms with Gasteiger partial charge in [-0.05, 0) is 41.9 Å². The number of rotatable bonds is 2. The molecule has 3 rings (SSSR count). The molecule has 0 amide bonds. The van der Waals surface area contributed by atoms with Crippen molar-refractivity contribution in [3.05, 3.63) is 50.1 Å². The minimum absolute atomic E-state index is 0.199. The highest BCUT2D eigenvalue weighted by atomic mass is 79.9. The molecule has 4 nitrogen and oxygen atoms in total. The molecule has 1 aliphatic heterocycles. The summed E-state index contributed by atoms with van der Waals surface area (Å²) in [5, 5.41) is 19.4. The van der Waals surface area contributed by atoms with Gasteiger partial charge in [-0.1, -0.05) is 12.1 Å². The molecule has 1 aromatic carbocycles. The van der Waals surface area contributed by atoms with E-state index in [0.717, 1.165) is 20.7 Å². The van der Waals surface area contributed by atoms with Crippen LogP contribution in [0.5, 0.6) is 0 Å². The van der Waals surface area contributed by atoms with E-state index in [2.05, 4.69) is 20.9 Å². The third-order valence-corrected chi connectivity index (χ3v) is 5.25. The van der Waals surface area contributed by atoms with Crippen LogP contribution in [0.25, 0.3) is 5.57 Å². The minimum atomic E-state index is 0.199. The zero-order chi connectivity index (χ0) is 15.1. The van der Waals surface area contributed by atoms with Crippen LogP contribution < -0.4 is 4.90 Å². The number of hydrogen-bond donors (Lipinski definition) is 2. The van der Waals surface area contributed by atoms with E-state index >= 15 is 0 Å². The maximum Gasteiger partial charge on any atom is 0.139 e. The van der Waals surface area contributed by atoms with E-state index in [1.54, 1.807) is 4.90 Å². The van der Waals surface area contributed by atoms with E-state index in [1.807, 2.05) is 38.1 Å². The number of nitrogens with one attached hydrogen (secondary N) is 1. The van der Waals surface area contributed by atoms with Crippen LogP contribution in [0.15, 0.2) is 34.5 Å². The van der Waals surface area contributed by atoms with Crippen LogP contribution in [-0.2, 0) is 0 Å². The van der Waals surface area contributed by atoms with Gasteiger partial charge in [0.2, 0.25) is 0 Å². The van der Waals surface area contributed by atoms with Crippen molar-refractivity contribution in [3.8, 4) is 0 Å². The summed E-state index contributed by atoms with van der Waals surface area (Å²) in [6.45, 7) is 4.24. The molecule has 0 aliphatic carbocycles. The van der Waals surface area contributed by atoms with Gasteiger partial charge in [0.25, 0.3) is 0 Å². The number of para-hydroxylation sites is 1. The molecule has 0 fully saturated rings. The second-order valence-electron chi connectivity index (χ2n) is 4.87. The number of hydrogen-bond acceptors (Lipinski definition) is 4. The predicted octanol–water partition coefficient (Wildman–Crippen LogP) is 4.29. The lowest BCUT2D eigenvalue weighted by molar-refractivity contribution is 0.411. The lowest BCUT2D eigenvalue weighted by atomic mass is 10.2. The number of benzene rings is 1. The molecule has 0 unspecified atom stereocenters. The van der Waals surface area contributed by atoms with Crippen LogP contribution in [0.2, 0.25) is 0 Å². The topological polar surface area (TPSA) is 60.2 Å². The Morgan fingerprint density at radius 3 is 2.67 bits per heavy atom. The van der Waals surface area contributed by atoms with E-state index in [4.69, 9.17) is 5.41 Å². The lowest BCUT2D eigenvalue weighted by Gasteiger charge is -2.19. The van der Waals surface area contributed by atoms with Gasteiger partial charge in [-0.25, -0.2) is 4.98 Å². The number of halogens is 1. The molecule has 2 aromatic rings. The molecule has 1 aliphatic rings. The van der Waals surface area contributed by atoms with Crippen LogP contribution >= 0.6 is 27.3 Å². The normalized spacial score (nSPS) is 15.2. The second-order valence-corrected chi connectivity index (χ2v) is 6.93. The smallest absolute Gasteiger partial charge is 0.139 e. The predicted molar refractivity (Wildman–Crippen MR) is 90.4 cm³/mol. The molecule has 0 atom stereocenters. The average Bonchev–Trinajstić information content (AvgIpc) is 2.91. The molecule has 0 bridgehead atoms. The van der Waals surface area contributed by atoms with Gasteiger partial charge >= 0.3 is 0 Å². The van der Waals surface area contributed by atoms with Gasteiger partial charge in [0, 0.05) is 9.35 Å². The Labute approximate surface area is 135 Å². The number of aromatic nitrogens is 1. The standard InChI is InChI=1S/C15H14BrN3OS/c1-8-9(2)21-15(18-8)13-12(20)7-19(14(13)17)11-6-4-3-5-10(11)16/h3-6,17,20H,7H2,1-2H3. The molecule has 2 N–H and O–H groups in total. The van der Waals surface area contributed by atoms with E-state index in [-0.39, 0.29) is 11.6 Å². The summed E-state index contributed by atoms with van der Waals surface area (Å²) >= 11 is 5.01. The van der Waals surface area contributed by atoms with Gasteiger partial charge in [0.15, 0.2) is 0 Å². The van der Waals surface area contributed by atoms with Gasteiger partial charge in [-0.2, -0.15) is 0 Å². The molecule has 108 valence electrons. The van der Waals surface area contributed by atoms with Crippen LogP contribution in [0.1, 0.15) is 15.6 Å². The SMILES string of the molecule is Cc1nc(C2=C(O)CN(c3ccccc3Br)C2=N)sc1C. The zero-order valence-corrected chi connectivity index (χ0v) is 14.0. The Bertz CT molecular complexity index is 747. The summed E-state index contributed by atoms with van der Waals surface area (Å²) in [5.74, 6) is 0.484. The van der Waals surface area contributed by atoms with Crippen molar-refractivity contribution in [2.45, 2.75) is 13.8 Å². The maximum atomic E-state index is 10.3. The van der Waals surface area contributed by atoms with Crippen molar-refractivity contribution in [1.82, 2.24) is 4.98 Å².